The Kier molecular flexibility index (Phi) is 3.88. The van der Waals surface area contributed by atoms with Crippen LogP contribution in [0, 0.1) is 0 Å². The Morgan fingerprint density at radius 2 is 1.80 bits per heavy atom. The number of fused-ring (bicyclic) bond motifs is 1. The SMILES string of the molecule is O=C(Cc1ccccc1)NC1c2ccccc2CC1Br. The van der Waals surface area contributed by atoms with Crippen molar-refractivity contribution in [3.8, 4) is 0 Å². The molecule has 102 valence electrons. The minimum atomic E-state index is 0.0716. The van der Waals surface area contributed by atoms with Gasteiger partial charge in [-0.05, 0) is 23.1 Å². The van der Waals surface area contributed by atoms with Gasteiger partial charge in [0.25, 0.3) is 0 Å². The molecule has 0 saturated heterocycles. The van der Waals surface area contributed by atoms with Crippen molar-refractivity contribution in [2.75, 3.05) is 0 Å². The van der Waals surface area contributed by atoms with Gasteiger partial charge in [-0.15, -0.1) is 0 Å². The van der Waals surface area contributed by atoms with E-state index in [9.17, 15) is 4.79 Å². The summed E-state index contributed by atoms with van der Waals surface area (Å²) in [6.45, 7) is 0. The number of hydrogen-bond acceptors (Lipinski definition) is 1. The lowest BCUT2D eigenvalue weighted by atomic mass is 10.1. The van der Waals surface area contributed by atoms with E-state index in [1.165, 1.54) is 11.1 Å². The third kappa shape index (κ3) is 2.78. The summed E-state index contributed by atoms with van der Waals surface area (Å²) in [6, 6.07) is 18.2. The van der Waals surface area contributed by atoms with E-state index in [2.05, 4.69) is 33.4 Å². The fourth-order valence-electron chi connectivity index (χ4n) is 2.72. The highest BCUT2D eigenvalue weighted by molar-refractivity contribution is 9.09. The van der Waals surface area contributed by atoms with E-state index < -0.39 is 0 Å². The van der Waals surface area contributed by atoms with Crippen molar-refractivity contribution in [1.29, 1.82) is 0 Å². The summed E-state index contributed by atoms with van der Waals surface area (Å²) in [7, 11) is 0. The predicted octanol–water partition coefficient (Wildman–Crippen LogP) is 3.41. The van der Waals surface area contributed by atoms with E-state index in [0.717, 1.165) is 12.0 Å². The molecule has 1 aliphatic rings. The molecule has 0 fully saturated rings. The van der Waals surface area contributed by atoms with Crippen LogP contribution in [0.2, 0.25) is 0 Å². The molecule has 0 heterocycles. The Morgan fingerprint density at radius 3 is 2.60 bits per heavy atom. The lowest BCUT2D eigenvalue weighted by Crippen LogP contribution is -2.32. The molecule has 2 atom stereocenters. The van der Waals surface area contributed by atoms with Crippen molar-refractivity contribution in [2.45, 2.75) is 23.7 Å². The second-order valence-corrected chi connectivity index (χ2v) is 6.30. The largest absolute Gasteiger partial charge is 0.348 e. The normalized spacial score (nSPS) is 20.4. The van der Waals surface area contributed by atoms with Crippen LogP contribution in [0.1, 0.15) is 22.7 Å². The van der Waals surface area contributed by atoms with Crippen molar-refractivity contribution in [1.82, 2.24) is 5.32 Å². The molecule has 0 aromatic heterocycles. The molecule has 2 unspecified atom stereocenters. The Hall–Kier alpha value is -1.61. The average Bonchev–Trinajstić information content (AvgIpc) is 2.76. The highest BCUT2D eigenvalue weighted by Gasteiger charge is 2.31. The smallest absolute Gasteiger partial charge is 0.224 e. The van der Waals surface area contributed by atoms with Crippen molar-refractivity contribution >= 4 is 21.8 Å². The lowest BCUT2D eigenvalue weighted by molar-refractivity contribution is -0.121. The summed E-state index contributed by atoms with van der Waals surface area (Å²) in [5, 5.41) is 3.15. The van der Waals surface area contributed by atoms with Crippen LogP contribution in [0.3, 0.4) is 0 Å². The zero-order chi connectivity index (χ0) is 13.9. The van der Waals surface area contributed by atoms with E-state index in [1.54, 1.807) is 0 Å². The zero-order valence-corrected chi connectivity index (χ0v) is 12.6. The van der Waals surface area contributed by atoms with Crippen LogP contribution < -0.4 is 5.32 Å². The maximum atomic E-state index is 12.2. The van der Waals surface area contributed by atoms with Crippen molar-refractivity contribution in [3.63, 3.8) is 0 Å². The van der Waals surface area contributed by atoms with Crippen LogP contribution in [0.25, 0.3) is 0 Å². The van der Waals surface area contributed by atoms with Gasteiger partial charge in [0.15, 0.2) is 0 Å². The summed E-state index contributed by atoms with van der Waals surface area (Å²) in [5.41, 5.74) is 3.59. The maximum absolute atomic E-state index is 12.2. The summed E-state index contributed by atoms with van der Waals surface area (Å²) >= 11 is 3.68. The quantitative estimate of drug-likeness (QED) is 0.859. The highest BCUT2D eigenvalue weighted by atomic mass is 79.9. The first-order chi connectivity index (χ1) is 9.74. The molecule has 0 radical (unpaired) electrons. The number of carbonyl (C=O) groups is 1. The van der Waals surface area contributed by atoms with Crippen LogP contribution in [0.4, 0.5) is 0 Å². The molecule has 0 spiro atoms. The fourth-order valence-corrected chi connectivity index (χ4v) is 3.49. The zero-order valence-electron chi connectivity index (χ0n) is 11.1. The molecule has 20 heavy (non-hydrogen) atoms. The first kappa shape index (κ1) is 13.4. The second kappa shape index (κ2) is 5.80. The topological polar surface area (TPSA) is 29.1 Å². The molecular formula is C17H16BrNO. The Bertz CT molecular complexity index is 611. The van der Waals surface area contributed by atoms with Crippen molar-refractivity contribution in [3.05, 3.63) is 71.3 Å². The summed E-state index contributed by atoms with van der Waals surface area (Å²) in [5.74, 6) is 0.0716. The lowest BCUT2D eigenvalue weighted by Gasteiger charge is -2.17. The van der Waals surface area contributed by atoms with Crippen LogP contribution in [-0.2, 0) is 17.6 Å². The Balaban J connectivity index is 1.70. The third-order valence-electron chi connectivity index (χ3n) is 3.69. The average molecular weight is 330 g/mol. The van der Waals surface area contributed by atoms with Gasteiger partial charge in [-0.1, -0.05) is 70.5 Å². The molecule has 3 rings (SSSR count). The number of hydrogen-bond donors (Lipinski definition) is 1. The molecular weight excluding hydrogens is 314 g/mol. The number of nitrogens with one attached hydrogen (secondary N) is 1. The van der Waals surface area contributed by atoms with Gasteiger partial charge in [0.1, 0.15) is 0 Å². The van der Waals surface area contributed by atoms with E-state index in [1.807, 2.05) is 42.5 Å². The predicted molar refractivity (Wildman–Crippen MR) is 83.9 cm³/mol. The van der Waals surface area contributed by atoms with Crippen molar-refractivity contribution in [2.24, 2.45) is 0 Å². The van der Waals surface area contributed by atoms with Gasteiger partial charge in [0.05, 0.1) is 12.5 Å². The van der Waals surface area contributed by atoms with Gasteiger partial charge in [-0.2, -0.15) is 0 Å². The molecule has 0 saturated carbocycles. The number of rotatable bonds is 3. The first-order valence-corrected chi connectivity index (χ1v) is 7.71. The summed E-state index contributed by atoms with van der Waals surface area (Å²) < 4.78 is 0. The van der Waals surface area contributed by atoms with Gasteiger partial charge in [-0.25, -0.2) is 0 Å². The van der Waals surface area contributed by atoms with E-state index >= 15 is 0 Å². The monoisotopic (exact) mass is 329 g/mol. The molecule has 1 amide bonds. The van der Waals surface area contributed by atoms with Crippen LogP contribution in [0.15, 0.2) is 54.6 Å². The van der Waals surface area contributed by atoms with Gasteiger partial charge in [-0.3, -0.25) is 4.79 Å². The van der Waals surface area contributed by atoms with Crippen LogP contribution >= 0.6 is 15.9 Å². The molecule has 2 aromatic rings. The Morgan fingerprint density at radius 1 is 1.10 bits per heavy atom. The maximum Gasteiger partial charge on any atom is 0.224 e. The summed E-state index contributed by atoms with van der Waals surface area (Å²) in [4.78, 5) is 12.5. The number of amides is 1. The highest BCUT2D eigenvalue weighted by Crippen LogP contribution is 2.35. The number of alkyl halides is 1. The number of halogens is 1. The minimum Gasteiger partial charge on any atom is -0.348 e. The molecule has 0 bridgehead atoms. The van der Waals surface area contributed by atoms with Crippen molar-refractivity contribution < 1.29 is 4.79 Å². The molecule has 2 nitrogen and oxygen atoms in total. The van der Waals surface area contributed by atoms with E-state index in [-0.39, 0.29) is 16.8 Å². The number of carbonyl (C=O) groups excluding carboxylic acids is 1. The van der Waals surface area contributed by atoms with Crippen LogP contribution in [0.5, 0.6) is 0 Å². The molecule has 3 heteroatoms. The third-order valence-corrected chi connectivity index (χ3v) is 4.54. The van der Waals surface area contributed by atoms with E-state index in [4.69, 9.17) is 0 Å². The molecule has 0 aliphatic heterocycles. The molecule has 1 N–H and O–H groups in total. The van der Waals surface area contributed by atoms with Crippen LogP contribution in [-0.4, -0.2) is 10.7 Å². The van der Waals surface area contributed by atoms with Gasteiger partial charge in [0, 0.05) is 4.83 Å². The minimum absolute atomic E-state index is 0.0716. The Labute approximate surface area is 127 Å². The second-order valence-electron chi connectivity index (χ2n) is 5.13. The molecule has 2 aromatic carbocycles. The van der Waals surface area contributed by atoms with Gasteiger partial charge >= 0.3 is 0 Å². The van der Waals surface area contributed by atoms with Gasteiger partial charge in [0.2, 0.25) is 5.91 Å². The molecule has 1 aliphatic carbocycles. The van der Waals surface area contributed by atoms with E-state index in [0.29, 0.717) is 6.42 Å². The fraction of sp³-hybridized carbons (Fsp3) is 0.235. The van der Waals surface area contributed by atoms with Gasteiger partial charge < -0.3 is 5.32 Å². The number of benzene rings is 2. The first-order valence-electron chi connectivity index (χ1n) is 6.79. The summed E-state index contributed by atoms with van der Waals surface area (Å²) in [6.07, 6.45) is 1.39. The standard InChI is InChI=1S/C17H16BrNO/c18-15-11-13-8-4-5-9-14(13)17(15)19-16(20)10-12-6-2-1-3-7-12/h1-9,15,17H,10-11H2,(H,19,20).